The lowest BCUT2D eigenvalue weighted by Crippen LogP contribution is -2.21. The molecule has 0 radical (unpaired) electrons. The van der Waals surface area contributed by atoms with Crippen LogP contribution in [0.5, 0.6) is 0 Å². The van der Waals surface area contributed by atoms with Gasteiger partial charge in [-0.1, -0.05) is 44.4 Å². The molecule has 3 heteroatoms. The number of hydrogen-bond donors (Lipinski definition) is 1. The van der Waals surface area contributed by atoms with Gasteiger partial charge in [0.2, 0.25) is 0 Å². The van der Waals surface area contributed by atoms with Gasteiger partial charge in [-0.2, -0.15) is 5.48 Å². The highest BCUT2D eigenvalue weighted by atomic mass is 16.7. The first-order chi connectivity index (χ1) is 10.4. The van der Waals surface area contributed by atoms with Crippen LogP contribution in [-0.2, 0) is 17.8 Å². The number of aryl methyl sites for hydroxylation is 1. The van der Waals surface area contributed by atoms with Gasteiger partial charge >= 0.3 is 0 Å². The minimum absolute atomic E-state index is 0.391. The molecule has 3 rings (SSSR count). The Labute approximate surface area is 126 Å². The summed E-state index contributed by atoms with van der Waals surface area (Å²) in [5, 5.41) is 1.21. The van der Waals surface area contributed by atoms with Crippen molar-refractivity contribution in [2.45, 2.75) is 64.5 Å². The summed E-state index contributed by atoms with van der Waals surface area (Å²) in [6.07, 6.45) is 8.70. The Bertz CT molecular complexity index is 570. The van der Waals surface area contributed by atoms with Gasteiger partial charge in [-0.3, -0.25) is 4.84 Å². The number of furan rings is 1. The molecule has 1 aliphatic carbocycles. The summed E-state index contributed by atoms with van der Waals surface area (Å²) in [5.74, 6) is 1.11. The van der Waals surface area contributed by atoms with Gasteiger partial charge < -0.3 is 4.42 Å². The summed E-state index contributed by atoms with van der Waals surface area (Å²) in [6.45, 7) is 2.94. The van der Waals surface area contributed by atoms with Crippen LogP contribution < -0.4 is 5.48 Å². The molecule has 114 valence electrons. The number of unbranched alkanes of at least 4 members (excludes halogenated alkanes) is 1. The molecule has 1 fully saturated rings. The zero-order valence-electron chi connectivity index (χ0n) is 12.9. The number of hydroxylamine groups is 1. The van der Waals surface area contributed by atoms with Crippen LogP contribution in [0.3, 0.4) is 0 Å². The second-order valence-corrected chi connectivity index (χ2v) is 5.95. The molecule has 21 heavy (non-hydrogen) atoms. The Hall–Kier alpha value is -1.32. The Kier molecular flexibility index (Phi) is 4.94. The summed E-state index contributed by atoms with van der Waals surface area (Å²) < 4.78 is 6.03. The van der Waals surface area contributed by atoms with E-state index in [1.54, 1.807) is 0 Å². The second-order valence-electron chi connectivity index (χ2n) is 5.95. The van der Waals surface area contributed by atoms with E-state index in [1.807, 2.05) is 12.1 Å². The number of benzene rings is 1. The summed E-state index contributed by atoms with van der Waals surface area (Å²) in [7, 11) is 0. The quantitative estimate of drug-likeness (QED) is 0.747. The molecule has 1 N–H and O–H groups in total. The molecular weight excluding hydrogens is 262 g/mol. The number of nitrogens with one attached hydrogen (secondary N) is 1. The van der Waals surface area contributed by atoms with Crippen molar-refractivity contribution in [2.24, 2.45) is 0 Å². The van der Waals surface area contributed by atoms with Crippen LogP contribution in [0, 0.1) is 0 Å². The topological polar surface area (TPSA) is 34.4 Å². The van der Waals surface area contributed by atoms with Gasteiger partial charge in [0.05, 0.1) is 12.6 Å². The maximum Gasteiger partial charge on any atom is 0.134 e. The van der Waals surface area contributed by atoms with Crippen LogP contribution in [0.4, 0.5) is 0 Å². The van der Waals surface area contributed by atoms with E-state index in [-0.39, 0.29) is 0 Å². The fourth-order valence-electron chi connectivity index (χ4n) is 3.12. The zero-order chi connectivity index (χ0) is 14.5. The number of fused-ring (bicyclic) bond motifs is 1. The first-order valence-electron chi connectivity index (χ1n) is 8.26. The monoisotopic (exact) mass is 287 g/mol. The fraction of sp³-hybridized carbons (Fsp3) is 0.556. The Morgan fingerprint density at radius 1 is 1.24 bits per heavy atom. The molecule has 3 nitrogen and oxygen atoms in total. The van der Waals surface area contributed by atoms with Gasteiger partial charge in [0.25, 0.3) is 0 Å². The molecule has 0 aliphatic heterocycles. The van der Waals surface area contributed by atoms with Crippen molar-refractivity contribution in [3.63, 3.8) is 0 Å². The molecule has 1 aromatic carbocycles. The van der Waals surface area contributed by atoms with E-state index < -0.39 is 0 Å². The van der Waals surface area contributed by atoms with Gasteiger partial charge in [-0.25, -0.2) is 0 Å². The average molecular weight is 287 g/mol. The van der Waals surface area contributed by atoms with Crippen molar-refractivity contribution < 1.29 is 9.25 Å². The lowest BCUT2D eigenvalue weighted by atomic mass is 10.1. The van der Waals surface area contributed by atoms with Gasteiger partial charge in [0.1, 0.15) is 11.3 Å². The van der Waals surface area contributed by atoms with Gasteiger partial charge in [0.15, 0.2) is 0 Å². The lowest BCUT2D eigenvalue weighted by molar-refractivity contribution is -0.0244. The fourth-order valence-corrected chi connectivity index (χ4v) is 3.12. The van der Waals surface area contributed by atoms with E-state index in [0.717, 1.165) is 30.7 Å². The summed E-state index contributed by atoms with van der Waals surface area (Å²) in [5.41, 5.74) is 5.43. The SMILES string of the molecule is CCCCc1oc2ccccc2c1CNOC1CCCC1. The summed E-state index contributed by atoms with van der Waals surface area (Å²) in [6, 6.07) is 8.29. The van der Waals surface area contributed by atoms with E-state index >= 15 is 0 Å². The predicted molar refractivity (Wildman–Crippen MR) is 85.0 cm³/mol. The van der Waals surface area contributed by atoms with Crippen LogP contribution in [0.2, 0.25) is 0 Å². The molecule has 1 saturated carbocycles. The number of para-hydroxylation sites is 1. The molecule has 0 spiro atoms. The van der Waals surface area contributed by atoms with Crippen molar-refractivity contribution in [1.29, 1.82) is 0 Å². The predicted octanol–water partition coefficient (Wildman–Crippen LogP) is 4.74. The standard InChI is InChI=1S/C18H25NO2/c1-2-3-11-18-16(13-19-21-14-8-4-5-9-14)15-10-6-7-12-17(15)20-18/h6-7,10,12,14,19H,2-5,8-9,11,13H2,1H3. The van der Waals surface area contributed by atoms with Gasteiger partial charge in [-0.05, 0) is 25.3 Å². The molecule has 1 aliphatic rings. The van der Waals surface area contributed by atoms with Crippen LogP contribution in [0.25, 0.3) is 11.0 Å². The highest BCUT2D eigenvalue weighted by molar-refractivity contribution is 5.82. The van der Waals surface area contributed by atoms with E-state index in [1.165, 1.54) is 43.1 Å². The Balaban J connectivity index is 1.71. The molecule has 1 aromatic heterocycles. The van der Waals surface area contributed by atoms with Crippen molar-refractivity contribution in [3.05, 3.63) is 35.6 Å². The third kappa shape index (κ3) is 3.47. The minimum Gasteiger partial charge on any atom is -0.461 e. The molecule has 0 bridgehead atoms. The third-order valence-corrected chi connectivity index (χ3v) is 4.34. The first-order valence-corrected chi connectivity index (χ1v) is 8.26. The first kappa shape index (κ1) is 14.6. The van der Waals surface area contributed by atoms with Gasteiger partial charge in [0, 0.05) is 17.4 Å². The Morgan fingerprint density at radius 3 is 2.86 bits per heavy atom. The van der Waals surface area contributed by atoms with Crippen LogP contribution in [0.15, 0.2) is 28.7 Å². The van der Waals surface area contributed by atoms with Gasteiger partial charge in [-0.15, -0.1) is 0 Å². The number of hydrogen-bond acceptors (Lipinski definition) is 3. The highest BCUT2D eigenvalue weighted by Crippen LogP contribution is 2.27. The summed E-state index contributed by atoms with van der Waals surface area (Å²) in [4.78, 5) is 5.79. The minimum atomic E-state index is 0.391. The van der Waals surface area contributed by atoms with E-state index in [9.17, 15) is 0 Å². The number of rotatable bonds is 7. The van der Waals surface area contributed by atoms with E-state index in [2.05, 4.69) is 24.5 Å². The average Bonchev–Trinajstić information content (AvgIpc) is 3.13. The van der Waals surface area contributed by atoms with Crippen LogP contribution in [-0.4, -0.2) is 6.10 Å². The largest absolute Gasteiger partial charge is 0.461 e. The molecule has 0 amide bonds. The normalized spacial score (nSPS) is 16.0. The lowest BCUT2D eigenvalue weighted by Gasteiger charge is -2.11. The molecule has 2 aromatic rings. The highest BCUT2D eigenvalue weighted by Gasteiger charge is 2.17. The third-order valence-electron chi connectivity index (χ3n) is 4.34. The zero-order valence-corrected chi connectivity index (χ0v) is 12.9. The second kappa shape index (κ2) is 7.10. The molecule has 0 atom stereocenters. The summed E-state index contributed by atoms with van der Waals surface area (Å²) >= 11 is 0. The van der Waals surface area contributed by atoms with Crippen molar-refractivity contribution in [1.82, 2.24) is 5.48 Å². The molecule has 0 saturated heterocycles. The molecule has 0 unspecified atom stereocenters. The van der Waals surface area contributed by atoms with Crippen LogP contribution >= 0.6 is 0 Å². The van der Waals surface area contributed by atoms with E-state index in [4.69, 9.17) is 9.25 Å². The van der Waals surface area contributed by atoms with Crippen molar-refractivity contribution in [2.75, 3.05) is 0 Å². The maximum absolute atomic E-state index is 6.03. The maximum atomic E-state index is 6.03. The molecule has 1 heterocycles. The van der Waals surface area contributed by atoms with Crippen molar-refractivity contribution in [3.8, 4) is 0 Å². The van der Waals surface area contributed by atoms with E-state index in [0.29, 0.717) is 6.10 Å². The molecular formula is C18H25NO2. The Morgan fingerprint density at radius 2 is 2.05 bits per heavy atom. The van der Waals surface area contributed by atoms with Crippen molar-refractivity contribution >= 4 is 11.0 Å². The smallest absolute Gasteiger partial charge is 0.134 e. The van der Waals surface area contributed by atoms with Crippen LogP contribution in [0.1, 0.15) is 56.8 Å².